The van der Waals surface area contributed by atoms with Crippen molar-refractivity contribution in [3.05, 3.63) is 24.8 Å². The first-order chi connectivity index (χ1) is 3.68. The standard InChI is InChI=1S/C4H6O.C3H6/c1-4(2)3-5;1-3-2/h3H,1H2,2H3;3H,1H2,2H3. The predicted octanol–water partition coefficient (Wildman–Crippen LogP) is 1.95. The molecule has 0 rings (SSSR count). The van der Waals surface area contributed by atoms with E-state index >= 15 is 0 Å². The van der Waals surface area contributed by atoms with E-state index in [-0.39, 0.29) is 0 Å². The monoisotopic (exact) mass is 112 g/mol. The SMILES string of the molecule is C=C(C)C=O.C=CC. The molecule has 0 radical (unpaired) electrons. The molecule has 0 atom stereocenters. The Morgan fingerprint density at radius 1 is 1.62 bits per heavy atom. The molecule has 0 N–H and O–H groups in total. The molecule has 0 spiro atoms. The summed E-state index contributed by atoms with van der Waals surface area (Å²) in [6, 6.07) is 0. The molecule has 0 aromatic heterocycles. The van der Waals surface area contributed by atoms with Crippen LogP contribution in [-0.4, -0.2) is 6.29 Å². The molecule has 0 aromatic carbocycles. The second kappa shape index (κ2) is 9.47. The lowest BCUT2D eigenvalue weighted by molar-refractivity contribution is -0.104. The van der Waals surface area contributed by atoms with Crippen LogP contribution in [0.1, 0.15) is 13.8 Å². The highest BCUT2D eigenvalue weighted by Crippen LogP contribution is 1.70. The number of carbonyl (C=O) groups excluding carboxylic acids is 1. The Morgan fingerprint density at radius 2 is 1.75 bits per heavy atom. The maximum atomic E-state index is 9.41. The Bertz CT molecular complexity index is 82.4. The molecule has 0 aliphatic rings. The first-order valence-electron chi connectivity index (χ1n) is 2.36. The minimum Gasteiger partial charge on any atom is -0.298 e. The van der Waals surface area contributed by atoms with Crippen molar-refractivity contribution < 1.29 is 4.79 Å². The van der Waals surface area contributed by atoms with Gasteiger partial charge in [-0.05, 0) is 19.4 Å². The molecule has 0 unspecified atom stereocenters. The van der Waals surface area contributed by atoms with Crippen molar-refractivity contribution in [2.24, 2.45) is 0 Å². The molecule has 0 bridgehead atoms. The number of hydrogen-bond acceptors (Lipinski definition) is 1. The molecule has 0 saturated carbocycles. The third kappa shape index (κ3) is 67.1. The van der Waals surface area contributed by atoms with Crippen molar-refractivity contribution in [3.8, 4) is 0 Å². The summed E-state index contributed by atoms with van der Waals surface area (Å²) in [6.07, 6.45) is 2.47. The summed E-state index contributed by atoms with van der Waals surface area (Å²) < 4.78 is 0. The molecule has 0 aromatic rings. The Hall–Kier alpha value is -0.850. The molecule has 8 heavy (non-hydrogen) atoms. The normalized spacial score (nSPS) is 5.75. The van der Waals surface area contributed by atoms with Crippen molar-refractivity contribution in [1.82, 2.24) is 0 Å². The Kier molecular flexibility index (Phi) is 12.1. The maximum Gasteiger partial charge on any atom is 0.145 e. The van der Waals surface area contributed by atoms with Crippen LogP contribution < -0.4 is 0 Å². The number of aldehydes is 1. The van der Waals surface area contributed by atoms with Crippen LogP contribution in [-0.2, 0) is 4.79 Å². The molecule has 46 valence electrons. The van der Waals surface area contributed by atoms with Gasteiger partial charge in [0, 0.05) is 0 Å². The van der Waals surface area contributed by atoms with Crippen LogP contribution in [0.5, 0.6) is 0 Å². The van der Waals surface area contributed by atoms with Gasteiger partial charge >= 0.3 is 0 Å². The summed E-state index contributed by atoms with van der Waals surface area (Å²) in [7, 11) is 0. The van der Waals surface area contributed by atoms with Crippen LogP contribution in [0.25, 0.3) is 0 Å². The lowest BCUT2D eigenvalue weighted by atomic mass is 10.4. The summed E-state index contributed by atoms with van der Waals surface area (Å²) in [6.45, 7) is 10.2. The van der Waals surface area contributed by atoms with Gasteiger partial charge in [0.1, 0.15) is 6.29 Å². The topological polar surface area (TPSA) is 17.1 Å². The highest BCUT2D eigenvalue weighted by Gasteiger charge is 1.66. The fourth-order valence-corrected chi connectivity index (χ4v) is 0. The third-order valence-electron chi connectivity index (χ3n) is 0.201. The van der Waals surface area contributed by atoms with Crippen LogP contribution in [0.4, 0.5) is 0 Å². The first-order valence-corrected chi connectivity index (χ1v) is 2.36. The van der Waals surface area contributed by atoms with Crippen LogP contribution in [0.15, 0.2) is 24.8 Å². The first kappa shape index (κ1) is 10.2. The van der Waals surface area contributed by atoms with E-state index < -0.39 is 0 Å². The van der Waals surface area contributed by atoms with Crippen LogP contribution in [0, 0.1) is 0 Å². The highest BCUT2D eigenvalue weighted by atomic mass is 16.1. The maximum absolute atomic E-state index is 9.41. The number of allylic oxidation sites excluding steroid dienone is 2. The van der Waals surface area contributed by atoms with Gasteiger partial charge in [-0.15, -0.1) is 6.58 Å². The van der Waals surface area contributed by atoms with Crippen molar-refractivity contribution >= 4 is 6.29 Å². The lowest BCUT2D eigenvalue weighted by Gasteiger charge is -1.65. The van der Waals surface area contributed by atoms with E-state index in [2.05, 4.69) is 13.2 Å². The second-order valence-electron chi connectivity index (χ2n) is 1.37. The lowest BCUT2D eigenvalue weighted by Crippen LogP contribution is -1.65. The smallest absolute Gasteiger partial charge is 0.145 e. The molecule has 0 saturated heterocycles. The van der Waals surface area contributed by atoms with Gasteiger partial charge in [0.2, 0.25) is 0 Å². The minimum absolute atomic E-state index is 0.574. The van der Waals surface area contributed by atoms with E-state index in [9.17, 15) is 4.79 Å². The van der Waals surface area contributed by atoms with Crippen molar-refractivity contribution in [3.63, 3.8) is 0 Å². The van der Waals surface area contributed by atoms with Crippen molar-refractivity contribution in [2.45, 2.75) is 13.8 Å². The molecule has 0 fully saturated rings. The zero-order valence-electron chi connectivity index (χ0n) is 5.48. The van der Waals surface area contributed by atoms with Gasteiger partial charge in [0.05, 0.1) is 0 Å². The summed E-state index contributed by atoms with van der Waals surface area (Å²) in [4.78, 5) is 9.41. The Labute approximate surface area is 50.7 Å². The fraction of sp³-hybridized carbons (Fsp3) is 0.286. The summed E-state index contributed by atoms with van der Waals surface area (Å²) in [5.41, 5.74) is 0.574. The van der Waals surface area contributed by atoms with Crippen LogP contribution in [0.3, 0.4) is 0 Å². The summed E-state index contributed by atoms with van der Waals surface area (Å²) in [5.74, 6) is 0. The molecule has 0 aliphatic carbocycles. The van der Waals surface area contributed by atoms with Gasteiger partial charge in [-0.3, -0.25) is 4.79 Å². The number of carbonyl (C=O) groups is 1. The molecule has 0 aliphatic heterocycles. The van der Waals surface area contributed by atoms with Gasteiger partial charge in [-0.25, -0.2) is 0 Å². The molecule has 1 heteroatoms. The van der Waals surface area contributed by atoms with Crippen LogP contribution in [0.2, 0.25) is 0 Å². The van der Waals surface area contributed by atoms with Crippen molar-refractivity contribution in [2.75, 3.05) is 0 Å². The van der Waals surface area contributed by atoms with Crippen molar-refractivity contribution in [1.29, 1.82) is 0 Å². The predicted molar refractivity (Wildman–Crippen MR) is 36.7 cm³/mol. The van der Waals surface area contributed by atoms with Gasteiger partial charge < -0.3 is 0 Å². The number of rotatable bonds is 1. The average molecular weight is 112 g/mol. The minimum atomic E-state index is 0.574. The second-order valence-corrected chi connectivity index (χ2v) is 1.37. The van der Waals surface area contributed by atoms with Gasteiger partial charge in [0.25, 0.3) is 0 Å². The Balaban J connectivity index is 0. The molecular formula is C7H12O. The van der Waals surface area contributed by atoms with E-state index in [1.54, 1.807) is 13.0 Å². The Morgan fingerprint density at radius 3 is 1.75 bits per heavy atom. The van der Waals surface area contributed by atoms with Gasteiger partial charge in [-0.1, -0.05) is 12.7 Å². The molecular weight excluding hydrogens is 100 g/mol. The summed E-state index contributed by atoms with van der Waals surface area (Å²) in [5, 5.41) is 0. The zero-order chi connectivity index (χ0) is 6.99. The molecule has 1 nitrogen and oxygen atoms in total. The number of hydrogen-bond donors (Lipinski definition) is 0. The average Bonchev–Trinajstić information content (AvgIpc) is 1.69. The van der Waals surface area contributed by atoms with E-state index in [1.165, 1.54) is 0 Å². The van der Waals surface area contributed by atoms with E-state index in [0.29, 0.717) is 5.57 Å². The molecule has 0 amide bonds. The quantitative estimate of drug-likeness (QED) is 0.288. The summed E-state index contributed by atoms with van der Waals surface area (Å²) >= 11 is 0. The van der Waals surface area contributed by atoms with Gasteiger partial charge in [0.15, 0.2) is 0 Å². The van der Waals surface area contributed by atoms with Crippen LogP contribution >= 0.6 is 0 Å². The van der Waals surface area contributed by atoms with E-state index in [0.717, 1.165) is 6.29 Å². The molecule has 0 heterocycles. The zero-order valence-corrected chi connectivity index (χ0v) is 5.48. The largest absolute Gasteiger partial charge is 0.298 e. The van der Waals surface area contributed by atoms with E-state index in [4.69, 9.17) is 0 Å². The van der Waals surface area contributed by atoms with E-state index in [1.807, 2.05) is 6.92 Å². The third-order valence-corrected chi connectivity index (χ3v) is 0.201. The fourth-order valence-electron chi connectivity index (χ4n) is 0. The van der Waals surface area contributed by atoms with Gasteiger partial charge in [-0.2, -0.15) is 0 Å². The highest BCUT2D eigenvalue weighted by molar-refractivity contribution is 5.70.